The molecule has 0 amide bonds. The van der Waals surface area contributed by atoms with Crippen LogP contribution < -0.4 is 9.47 Å². The molecule has 3 aromatic rings. The van der Waals surface area contributed by atoms with Crippen LogP contribution in [0.25, 0.3) is 0 Å². The van der Waals surface area contributed by atoms with E-state index in [2.05, 4.69) is 24.3 Å². The van der Waals surface area contributed by atoms with Crippen molar-refractivity contribution in [3.05, 3.63) is 88.4 Å². The fraction of sp³-hybridized carbons (Fsp3) is 0.310. The van der Waals surface area contributed by atoms with Crippen molar-refractivity contribution in [1.82, 2.24) is 0 Å². The predicted octanol–water partition coefficient (Wildman–Crippen LogP) is 7.24. The van der Waals surface area contributed by atoms with Gasteiger partial charge in [0.25, 0.3) is 0 Å². The number of benzene rings is 3. The first kappa shape index (κ1) is 23.4. The number of aliphatic carboxylic acids is 1. The van der Waals surface area contributed by atoms with E-state index < -0.39 is 11.9 Å². The largest absolute Gasteiger partial charge is 0.493 e. The summed E-state index contributed by atoms with van der Waals surface area (Å²) in [7, 11) is 0. The minimum atomic E-state index is -0.896. The summed E-state index contributed by atoms with van der Waals surface area (Å²) in [4.78, 5) is 24.4. The van der Waals surface area contributed by atoms with E-state index in [9.17, 15) is 14.7 Å². The molecule has 5 nitrogen and oxygen atoms in total. The Morgan fingerprint density at radius 3 is 2.51 bits per heavy atom. The molecule has 0 spiro atoms. The SMILES string of the molecule is O=C(CC1CCC(c2ccccc2)C1)c1ccc(Oc2cc3c(cc2Cl)C(C(=O)O)CCO3)cc1. The van der Waals surface area contributed by atoms with Crippen molar-refractivity contribution in [3.63, 3.8) is 0 Å². The molecule has 0 aromatic heterocycles. The Kier molecular flexibility index (Phi) is 6.78. The van der Waals surface area contributed by atoms with Gasteiger partial charge in [-0.05, 0) is 73.4 Å². The Balaban J connectivity index is 1.22. The van der Waals surface area contributed by atoms with E-state index in [1.165, 1.54) is 5.56 Å². The molecule has 6 heteroatoms. The summed E-state index contributed by atoms with van der Waals surface area (Å²) in [6.07, 6.45) is 4.23. The Labute approximate surface area is 209 Å². The summed E-state index contributed by atoms with van der Waals surface area (Å²) >= 11 is 6.39. The topological polar surface area (TPSA) is 72.8 Å². The Morgan fingerprint density at radius 1 is 1.00 bits per heavy atom. The van der Waals surface area contributed by atoms with E-state index in [1.807, 2.05) is 6.07 Å². The maximum Gasteiger partial charge on any atom is 0.311 e. The molecule has 1 aliphatic heterocycles. The quantitative estimate of drug-likeness (QED) is 0.353. The number of carboxylic acid groups (broad SMARTS) is 1. The molecule has 1 heterocycles. The molecular formula is C29H27ClO5. The number of ether oxygens (including phenoxy) is 2. The molecule has 3 unspecified atom stereocenters. The lowest BCUT2D eigenvalue weighted by atomic mass is 9.93. The van der Waals surface area contributed by atoms with Crippen molar-refractivity contribution in [2.75, 3.05) is 6.61 Å². The minimum Gasteiger partial charge on any atom is -0.493 e. The van der Waals surface area contributed by atoms with Gasteiger partial charge in [0.1, 0.15) is 17.2 Å². The van der Waals surface area contributed by atoms with Crippen molar-refractivity contribution in [1.29, 1.82) is 0 Å². The van der Waals surface area contributed by atoms with Crippen LogP contribution in [0.15, 0.2) is 66.7 Å². The van der Waals surface area contributed by atoms with Crippen molar-refractivity contribution in [2.45, 2.75) is 43.9 Å². The molecule has 180 valence electrons. The zero-order valence-corrected chi connectivity index (χ0v) is 20.0. The molecule has 35 heavy (non-hydrogen) atoms. The minimum absolute atomic E-state index is 0.148. The maximum absolute atomic E-state index is 12.9. The van der Waals surface area contributed by atoms with Gasteiger partial charge in [0.05, 0.1) is 17.5 Å². The highest BCUT2D eigenvalue weighted by molar-refractivity contribution is 6.32. The van der Waals surface area contributed by atoms with E-state index in [0.717, 1.165) is 19.3 Å². The van der Waals surface area contributed by atoms with Crippen molar-refractivity contribution in [3.8, 4) is 17.2 Å². The smallest absolute Gasteiger partial charge is 0.311 e. The molecule has 2 aliphatic rings. The number of carbonyl (C=O) groups is 2. The second kappa shape index (κ2) is 10.1. The van der Waals surface area contributed by atoms with E-state index in [0.29, 0.717) is 64.7 Å². The molecule has 3 aromatic carbocycles. The summed E-state index contributed by atoms with van der Waals surface area (Å²) in [5.74, 6) is 0.961. The highest BCUT2D eigenvalue weighted by Crippen LogP contribution is 2.42. The third kappa shape index (κ3) is 5.20. The molecular weight excluding hydrogens is 464 g/mol. The number of rotatable bonds is 7. The number of carboxylic acids is 1. The number of hydrogen-bond donors (Lipinski definition) is 1. The third-order valence-corrected chi connectivity index (χ3v) is 7.39. The summed E-state index contributed by atoms with van der Waals surface area (Å²) in [5, 5.41) is 9.76. The molecule has 1 N–H and O–H groups in total. The lowest BCUT2D eigenvalue weighted by Crippen LogP contribution is -2.20. The van der Waals surface area contributed by atoms with Gasteiger partial charge >= 0.3 is 5.97 Å². The van der Waals surface area contributed by atoms with Crippen LogP contribution in [0.4, 0.5) is 0 Å². The summed E-state index contributed by atoms with van der Waals surface area (Å²) in [6.45, 7) is 0.328. The van der Waals surface area contributed by atoms with Crippen LogP contribution >= 0.6 is 11.6 Å². The Bertz CT molecular complexity index is 1220. The third-order valence-electron chi connectivity index (χ3n) is 7.09. The fourth-order valence-electron chi connectivity index (χ4n) is 5.23. The van der Waals surface area contributed by atoms with E-state index in [1.54, 1.807) is 36.4 Å². The molecule has 1 aliphatic carbocycles. The van der Waals surface area contributed by atoms with Gasteiger partial charge < -0.3 is 14.6 Å². The lowest BCUT2D eigenvalue weighted by molar-refractivity contribution is -0.139. The van der Waals surface area contributed by atoms with Crippen LogP contribution in [0, 0.1) is 5.92 Å². The van der Waals surface area contributed by atoms with Gasteiger partial charge in [-0.15, -0.1) is 0 Å². The van der Waals surface area contributed by atoms with Crippen LogP contribution in [0.2, 0.25) is 5.02 Å². The number of carbonyl (C=O) groups excluding carboxylic acids is 1. The number of Topliss-reactive ketones (excluding diaryl/α,β-unsaturated/α-hetero) is 1. The molecule has 0 bridgehead atoms. The molecule has 0 radical (unpaired) electrons. The Hall–Kier alpha value is -3.31. The zero-order valence-electron chi connectivity index (χ0n) is 19.3. The molecule has 3 atom stereocenters. The standard InChI is InChI=1S/C29H27ClO5/c30-25-16-24-23(29(32)33)12-13-34-27(24)17-28(25)35-22-10-8-20(9-11-22)26(31)15-18-6-7-21(14-18)19-4-2-1-3-5-19/h1-5,8-11,16-18,21,23H,6-7,12-15H2,(H,32,33). The number of halogens is 1. The molecule has 1 saturated carbocycles. The van der Waals surface area contributed by atoms with Gasteiger partial charge in [-0.25, -0.2) is 0 Å². The summed E-state index contributed by atoms with van der Waals surface area (Å²) in [6, 6.07) is 20.9. The Morgan fingerprint density at radius 2 is 1.77 bits per heavy atom. The summed E-state index contributed by atoms with van der Waals surface area (Å²) < 4.78 is 11.6. The van der Waals surface area contributed by atoms with Crippen LogP contribution in [-0.4, -0.2) is 23.5 Å². The van der Waals surface area contributed by atoms with Gasteiger partial charge in [-0.2, -0.15) is 0 Å². The van der Waals surface area contributed by atoms with Gasteiger partial charge in [0, 0.05) is 23.6 Å². The van der Waals surface area contributed by atoms with E-state index in [-0.39, 0.29) is 5.78 Å². The number of ketones is 1. The highest BCUT2D eigenvalue weighted by Gasteiger charge is 2.29. The molecule has 0 saturated heterocycles. The number of hydrogen-bond acceptors (Lipinski definition) is 4. The maximum atomic E-state index is 12.9. The van der Waals surface area contributed by atoms with Crippen molar-refractivity contribution < 1.29 is 24.2 Å². The first-order valence-electron chi connectivity index (χ1n) is 12.0. The monoisotopic (exact) mass is 490 g/mol. The van der Waals surface area contributed by atoms with E-state index in [4.69, 9.17) is 21.1 Å². The fourth-order valence-corrected chi connectivity index (χ4v) is 5.44. The van der Waals surface area contributed by atoms with Crippen LogP contribution in [0.1, 0.15) is 65.4 Å². The second-order valence-electron chi connectivity index (χ2n) is 9.39. The first-order chi connectivity index (χ1) is 17.0. The van der Waals surface area contributed by atoms with Crippen molar-refractivity contribution in [2.24, 2.45) is 5.92 Å². The average molecular weight is 491 g/mol. The van der Waals surface area contributed by atoms with Crippen molar-refractivity contribution >= 4 is 23.4 Å². The van der Waals surface area contributed by atoms with E-state index >= 15 is 0 Å². The zero-order chi connectivity index (χ0) is 24.4. The lowest BCUT2D eigenvalue weighted by Gasteiger charge is -2.24. The predicted molar refractivity (Wildman–Crippen MR) is 134 cm³/mol. The van der Waals surface area contributed by atoms with Gasteiger partial charge in [0.2, 0.25) is 0 Å². The van der Waals surface area contributed by atoms with Gasteiger partial charge in [-0.1, -0.05) is 41.9 Å². The van der Waals surface area contributed by atoms with Gasteiger partial charge in [-0.3, -0.25) is 9.59 Å². The molecule has 5 rings (SSSR count). The number of fused-ring (bicyclic) bond motifs is 1. The molecule has 1 fully saturated rings. The van der Waals surface area contributed by atoms with Crippen LogP contribution in [-0.2, 0) is 4.79 Å². The second-order valence-corrected chi connectivity index (χ2v) is 9.80. The van der Waals surface area contributed by atoms with Gasteiger partial charge in [0.15, 0.2) is 5.78 Å². The first-order valence-corrected chi connectivity index (χ1v) is 12.4. The van der Waals surface area contributed by atoms with Crippen LogP contribution in [0.3, 0.4) is 0 Å². The normalized spacial score (nSPS) is 21.1. The summed E-state index contributed by atoms with van der Waals surface area (Å²) in [5.41, 5.74) is 2.60. The highest BCUT2D eigenvalue weighted by atomic mass is 35.5. The van der Waals surface area contributed by atoms with Crippen LogP contribution in [0.5, 0.6) is 17.2 Å². The average Bonchev–Trinajstić information content (AvgIpc) is 3.33.